The van der Waals surface area contributed by atoms with Gasteiger partial charge in [0.15, 0.2) is 0 Å². The summed E-state index contributed by atoms with van der Waals surface area (Å²) in [6, 6.07) is 0. The minimum atomic E-state index is 0.121. The summed E-state index contributed by atoms with van der Waals surface area (Å²) < 4.78 is 0.121. The van der Waals surface area contributed by atoms with Crippen molar-refractivity contribution in [3.63, 3.8) is 0 Å². The van der Waals surface area contributed by atoms with Crippen molar-refractivity contribution in [2.45, 2.75) is 38.9 Å². The highest BCUT2D eigenvalue weighted by Crippen LogP contribution is 2.39. The molecule has 0 N–H and O–H groups in total. The van der Waals surface area contributed by atoms with Gasteiger partial charge in [0.25, 0.3) is 0 Å². The number of hydrogen-bond acceptors (Lipinski definition) is 3. The molecule has 1 aliphatic carbocycles. The summed E-state index contributed by atoms with van der Waals surface area (Å²) in [5, 5.41) is 0. The van der Waals surface area contributed by atoms with Crippen LogP contribution in [0.1, 0.15) is 34.1 Å². The molecule has 1 aliphatic heterocycles. The van der Waals surface area contributed by atoms with Crippen molar-refractivity contribution >= 4 is 23.6 Å². The Kier molecular flexibility index (Phi) is 4.67. The molecule has 1 saturated carbocycles. The Bertz CT molecular complexity index is 384. The van der Waals surface area contributed by atoms with Crippen molar-refractivity contribution in [2.75, 3.05) is 31.9 Å². The van der Waals surface area contributed by atoms with Gasteiger partial charge in [-0.05, 0) is 12.3 Å². The zero-order chi connectivity index (χ0) is 14.9. The van der Waals surface area contributed by atoms with Gasteiger partial charge in [-0.25, -0.2) is 0 Å². The number of thioether (sulfide) groups is 1. The number of nitrogens with zero attached hydrogens (tertiary/aromatic N) is 2. The maximum absolute atomic E-state index is 12.1. The molecule has 114 valence electrons. The second-order valence-corrected chi connectivity index (χ2v) is 8.73. The van der Waals surface area contributed by atoms with Crippen molar-refractivity contribution in [3.8, 4) is 0 Å². The molecule has 0 spiro atoms. The zero-order valence-electron chi connectivity index (χ0n) is 13.0. The summed E-state index contributed by atoms with van der Waals surface area (Å²) >= 11 is 1.69. The van der Waals surface area contributed by atoms with Gasteiger partial charge in [-0.3, -0.25) is 9.59 Å². The quantitative estimate of drug-likeness (QED) is 0.798. The van der Waals surface area contributed by atoms with Gasteiger partial charge in [0.05, 0.1) is 5.75 Å². The average Bonchev–Trinajstić information content (AvgIpc) is 3.11. The molecule has 0 aromatic rings. The predicted octanol–water partition coefficient (Wildman–Crippen LogP) is 1.84. The van der Waals surface area contributed by atoms with E-state index in [1.54, 1.807) is 11.8 Å². The highest BCUT2D eigenvalue weighted by molar-refractivity contribution is 8.01. The summed E-state index contributed by atoms with van der Waals surface area (Å²) in [7, 11) is 0. The predicted molar refractivity (Wildman–Crippen MR) is 82.6 cm³/mol. The van der Waals surface area contributed by atoms with Crippen LogP contribution in [-0.2, 0) is 9.59 Å². The van der Waals surface area contributed by atoms with E-state index < -0.39 is 0 Å². The first-order chi connectivity index (χ1) is 9.28. The van der Waals surface area contributed by atoms with Gasteiger partial charge in [0.1, 0.15) is 0 Å². The van der Waals surface area contributed by atoms with Gasteiger partial charge in [0, 0.05) is 36.8 Å². The van der Waals surface area contributed by atoms with E-state index in [1.165, 1.54) is 0 Å². The molecule has 0 aromatic carbocycles. The monoisotopic (exact) mass is 298 g/mol. The number of amides is 2. The van der Waals surface area contributed by atoms with Crippen LogP contribution in [-0.4, -0.2) is 58.3 Å². The minimum Gasteiger partial charge on any atom is -0.339 e. The minimum absolute atomic E-state index is 0.121. The molecular weight excluding hydrogens is 272 g/mol. The van der Waals surface area contributed by atoms with Crippen LogP contribution in [0.2, 0.25) is 0 Å². The largest absolute Gasteiger partial charge is 0.339 e. The van der Waals surface area contributed by atoms with E-state index in [0.717, 1.165) is 6.42 Å². The third-order valence-corrected chi connectivity index (χ3v) is 5.26. The molecule has 2 fully saturated rings. The topological polar surface area (TPSA) is 40.6 Å². The lowest BCUT2D eigenvalue weighted by Gasteiger charge is -2.35. The highest BCUT2D eigenvalue weighted by Gasteiger charge is 2.42. The van der Waals surface area contributed by atoms with Crippen LogP contribution in [0.4, 0.5) is 0 Å². The molecule has 2 rings (SSSR count). The van der Waals surface area contributed by atoms with Crippen LogP contribution >= 0.6 is 11.8 Å². The number of carbonyl (C=O) groups is 2. The Morgan fingerprint density at radius 1 is 1.10 bits per heavy atom. The molecule has 0 bridgehead atoms. The third kappa shape index (κ3) is 4.14. The van der Waals surface area contributed by atoms with Gasteiger partial charge in [-0.1, -0.05) is 27.7 Å². The molecule has 1 saturated heterocycles. The molecule has 5 heteroatoms. The molecule has 1 heterocycles. The molecular formula is C15H26N2O2S. The molecule has 4 nitrogen and oxygen atoms in total. The summed E-state index contributed by atoms with van der Waals surface area (Å²) in [4.78, 5) is 28.1. The van der Waals surface area contributed by atoms with Crippen molar-refractivity contribution < 1.29 is 9.59 Å². The van der Waals surface area contributed by atoms with Gasteiger partial charge in [-0.15, -0.1) is 11.8 Å². The Morgan fingerprint density at radius 3 is 2.05 bits per heavy atom. The van der Waals surface area contributed by atoms with E-state index in [0.29, 0.717) is 43.8 Å². The van der Waals surface area contributed by atoms with Gasteiger partial charge < -0.3 is 9.80 Å². The number of piperazine rings is 1. The summed E-state index contributed by atoms with van der Waals surface area (Å²) in [6.45, 7) is 11.3. The van der Waals surface area contributed by atoms with E-state index >= 15 is 0 Å². The molecule has 0 aromatic heterocycles. The zero-order valence-corrected chi connectivity index (χ0v) is 13.8. The van der Waals surface area contributed by atoms with Crippen molar-refractivity contribution in [3.05, 3.63) is 0 Å². The van der Waals surface area contributed by atoms with Crippen LogP contribution < -0.4 is 0 Å². The molecule has 0 radical (unpaired) electrons. The first-order valence-corrected chi connectivity index (χ1v) is 8.47. The smallest absolute Gasteiger partial charge is 0.232 e. The lowest BCUT2D eigenvalue weighted by molar-refractivity contribution is -0.139. The second kappa shape index (κ2) is 5.96. The summed E-state index contributed by atoms with van der Waals surface area (Å²) in [6.07, 6.45) is 1.04. The van der Waals surface area contributed by atoms with Gasteiger partial charge in [0.2, 0.25) is 11.8 Å². The molecule has 0 unspecified atom stereocenters. The van der Waals surface area contributed by atoms with Crippen molar-refractivity contribution in [1.29, 1.82) is 0 Å². The van der Waals surface area contributed by atoms with Crippen molar-refractivity contribution in [1.82, 2.24) is 9.80 Å². The van der Waals surface area contributed by atoms with E-state index in [4.69, 9.17) is 0 Å². The fourth-order valence-electron chi connectivity index (χ4n) is 2.45. The van der Waals surface area contributed by atoms with Crippen LogP contribution in [0.3, 0.4) is 0 Å². The maximum Gasteiger partial charge on any atom is 0.232 e. The highest BCUT2D eigenvalue weighted by atomic mass is 32.2. The number of carbonyl (C=O) groups excluding carboxylic acids is 2. The Labute approximate surface area is 126 Å². The van der Waals surface area contributed by atoms with Gasteiger partial charge >= 0.3 is 0 Å². The number of hydrogen-bond donors (Lipinski definition) is 0. The van der Waals surface area contributed by atoms with E-state index in [2.05, 4.69) is 27.7 Å². The molecule has 20 heavy (non-hydrogen) atoms. The second-order valence-electron chi connectivity index (χ2n) is 6.93. The third-order valence-electron chi connectivity index (χ3n) is 4.00. The molecule has 2 atom stereocenters. The Hall–Kier alpha value is -0.710. The number of rotatable bonds is 3. The van der Waals surface area contributed by atoms with Crippen LogP contribution in [0.15, 0.2) is 0 Å². The SMILES string of the molecule is C[C@@H]1C[C@@H]1C(=O)N1CCN(C(=O)CSC(C)(C)C)CC1. The van der Waals surface area contributed by atoms with Crippen LogP contribution in [0.25, 0.3) is 0 Å². The van der Waals surface area contributed by atoms with E-state index in [-0.39, 0.29) is 16.6 Å². The Balaban J connectivity index is 1.73. The van der Waals surface area contributed by atoms with E-state index in [9.17, 15) is 9.59 Å². The normalized spacial score (nSPS) is 26.6. The summed E-state index contributed by atoms with van der Waals surface area (Å²) in [5.74, 6) is 1.86. The van der Waals surface area contributed by atoms with Crippen LogP contribution in [0, 0.1) is 11.8 Å². The molecule has 2 aliphatic rings. The van der Waals surface area contributed by atoms with Crippen LogP contribution in [0.5, 0.6) is 0 Å². The lowest BCUT2D eigenvalue weighted by atomic mass is 10.2. The molecule has 2 amide bonds. The van der Waals surface area contributed by atoms with E-state index in [1.807, 2.05) is 9.80 Å². The maximum atomic E-state index is 12.1. The summed E-state index contributed by atoms with van der Waals surface area (Å²) in [5.41, 5.74) is 0. The first kappa shape index (κ1) is 15.7. The van der Waals surface area contributed by atoms with Crippen molar-refractivity contribution in [2.24, 2.45) is 11.8 Å². The standard InChI is InChI=1S/C15H26N2O2S/c1-11-9-12(11)14(19)17-7-5-16(6-8-17)13(18)10-20-15(2,3)4/h11-12H,5-10H2,1-4H3/t11-,12+/m1/s1. The fraction of sp³-hybridized carbons (Fsp3) is 0.867. The fourth-order valence-corrected chi connectivity index (χ4v) is 3.19. The lowest BCUT2D eigenvalue weighted by Crippen LogP contribution is -2.51. The Morgan fingerprint density at radius 2 is 1.60 bits per heavy atom. The average molecular weight is 298 g/mol. The van der Waals surface area contributed by atoms with Gasteiger partial charge in [-0.2, -0.15) is 0 Å². The first-order valence-electron chi connectivity index (χ1n) is 7.48.